The summed E-state index contributed by atoms with van der Waals surface area (Å²) >= 11 is 1.19. The van der Waals surface area contributed by atoms with Gasteiger partial charge in [0, 0.05) is 26.2 Å². The molecule has 14 nitrogen and oxygen atoms in total. The van der Waals surface area contributed by atoms with Crippen molar-refractivity contribution in [2.24, 2.45) is 11.8 Å². The first-order valence-electron chi connectivity index (χ1n) is 17.0. The highest BCUT2D eigenvalue weighted by atomic mass is 32.2. The number of nitrogens with one attached hydrogen (secondary N) is 2. The van der Waals surface area contributed by atoms with E-state index in [9.17, 15) is 23.1 Å². The Balaban J connectivity index is 1.16. The van der Waals surface area contributed by atoms with Crippen LogP contribution >= 0.6 is 11.3 Å². The van der Waals surface area contributed by atoms with Crippen molar-refractivity contribution in [2.75, 3.05) is 64.5 Å². The van der Waals surface area contributed by atoms with Crippen LogP contribution in [0.1, 0.15) is 25.8 Å². The highest BCUT2D eigenvalue weighted by Crippen LogP contribution is 2.33. The maximum atomic E-state index is 14.2. The third-order valence-corrected chi connectivity index (χ3v) is 11.7. The standard InChI is InChI=1S/C34H45N5O9S2/c1-22(2)18-39(50(43,44)24-8-9-26-30(17-24)49-33(35-26)37-31(41)20-38-11-14-45-15-12-38)19-28(40)27(16-23-6-4-3-5-7-23)36-34(42)48-29-21-47-32-25(29)10-13-46-32/h3-9,17,22,25,27-29,32,40H,10-16,18-21H2,1-2H3,(H,36,42)(H,35,37,41)/t25-,27-,28+,29-,32+/m0/s1. The second kappa shape index (κ2) is 16.4. The number of amides is 2. The Labute approximate surface area is 296 Å². The smallest absolute Gasteiger partial charge is 0.407 e. The molecule has 2 aromatic carbocycles. The predicted octanol–water partition coefficient (Wildman–Crippen LogP) is 2.67. The molecule has 3 aliphatic rings. The van der Waals surface area contributed by atoms with Gasteiger partial charge in [0.05, 0.1) is 66.1 Å². The second-order valence-electron chi connectivity index (χ2n) is 13.3. The van der Waals surface area contributed by atoms with E-state index < -0.39 is 34.4 Å². The van der Waals surface area contributed by atoms with E-state index in [0.29, 0.717) is 48.3 Å². The molecular weight excluding hydrogens is 687 g/mol. The minimum Gasteiger partial charge on any atom is -0.443 e. The number of sulfonamides is 1. The highest BCUT2D eigenvalue weighted by molar-refractivity contribution is 7.89. The molecule has 0 spiro atoms. The van der Waals surface area contributed by atoms with Gasteiger partial charge in [-0.1, -0.05) is 55.5 Å². The Kier molecular flexibility index (Phi) is 12.0. The van der Waals surface area contributed by atoms with Crippen molar-refractivity contribution >= 4 is 48.7 Å². The zero-order chi connectivity index (χ0) is 35.3. The first-order chi connectivity index (χ1) is 24.0. The number of carbonyl (C=O) groups excluding carboxylic acids is 2. The normalized spacial score (nSPS) is 22.5. The molecular formula is C34H45N5O9S2. The predicted molar refractivity (Wildman–Crippen MR) is 186 cm³/mol. The summed E-state index contributed by atoms with van der Waals surface area (Å²) in [6.07, 6.45) is -1.89. The number of anilines is 1. The number of rotatable bonds is 14. The number of nitrogens with zero attached hydrogens (tertiary/aromatic N) is 3. The summed E-state index contributed by atoms with van der Waals surface area (Å²) < 4.78 is 52.4. The summed E-state index contributed by atoms with van der Waals surface area (Å²) in [5.74, 6) is -0.318. The van der Waals surface area contributed by atoms with Crippen LogP contribution in [0.5, 0.6) is 0 Å². The summed E-state index contributed by atoms with van der Waals surface area (Å²) in [5.41, 5.74) is 1.41. The minimum absolute atomic E-state index is 0.0363. The van der Waals surface area contributed by atoms with E-state index in [-0.39, 0.29) is 61.6 Å². The summed E-state index contributed by atoms with van der Waals surface area (Å²) in [6, 6.07) is 13.1. The van der Waals surface area contributed by atoms with Gasteiger partial charge < -0.3 is 34.7 Å². The zero-order valence-corrected chi connectivity index (χ0v) is 29.9. The zero-order valence-electron chi connectivity index (χ0n) is 28.2. The van der Waals surface area contributed by atoms with Crippen LogP contribution in [0.3, 0.4) is 0 Å². The average Bonchev–Trinajstić information content (AvgIpc) is 3.81. The van der Waals surface area contributed by atoms with Crippen LogP contribution in [0.25, 0.3) is 10.2 Å². The molecule has 6 rings (SSSR count). The molecule has 50 heavy (non-hydrogen) atoms. The number of fused-ring (bicyclic) bond motifs is 2. The van der Waals surface area contributed by atoms with Crippen molar-refractivity contribution in [3.63, 3.8) is 0 Å². The molecule has 0 bridgehead atoms. The fraction of sp³-hybridized carbons (Fsp3) is 0.559. The van der Waals surface area contributed by atoms with Gasteiger partial charge in [-0.25, -0.2) is 18.2 Å². The minimum atomic E-state index is -4.11. The number of thiazole rings is 1. The van der Waals surface area contributed by atoms with Crippen LogP contribution in [0.4, 0.5) is 9.93 Å². The molecule has 3 aliphatic heterocycles. The molecule has 3 saturated heterocycles. The number of alkyl carbamates (subject to hydrolysis) is 1. The number of ether oxygens (including phenoxy) is 4. The van der Waals surface area contributed by atoms with Gasteiger partial charge >= 0.3 is 6.09 Å². The summed E-state index contributed by atoms with van der Waals surface area (Å²) in [4.78, 5) is 32.3. The lowest BCUT2D eigenvalue weighted by molar-refractivity contribution is -0.118. The molecule has 2 amide bonds. The first kappa shape index (κ1) is 36.6. The third-order valence-electron chi connectivity index (χ3n) is 8.98. The molecule has 3 aromatic rings. The third kappa shape index (κ3) is 9.16. The average molecular weight is 732 g/mol. The van der Waals surface area contributed by atoms with Gasteiger partial charge in [0.15, 0.2) is 11.4 Å². The van der Waals surface area contributed by atoms with Gasteiger partial charge in [0.2, 0.25) is 15.9 Å². The number of morpholine rings is 1. The SMILES string of the molecule is CC(C)CN(C[C@@H](O)[C@H](Cc1ccccc1)NC(=O)O[C@H]1CO[C@H]2OCC[C@H]21)S(=O)(=O)c1ccc2nc(NC(=O)CN3CCOCC3)sc2c1. The number of hydrogen-bond acceptors (Lipinski definition) is 12. The number of aliphatic hydroxyl groups excluding tert-OH is 1. The topological polar surface area (TPSA) is 169 Å². The molecule has 3 fully saturated rings. The molecule has 0 saturated carbocycles. The van der Waals surface area contributed by atoms with E-state index in [1.807, 2.05) is 49.1 Å². The van der Waals surface area contributed by atoms with Crippen molar-refractivity contribution in [1.82, 2.24) is 19.5 Å². The number of carbonyl (C=O) groups is 2. The number of benzene rings is 2. The molecule has 16 heteroatoms. The van der Waals surface area contributed by atoms with Gasteiger partial charge in [-0.2, -0.15) is 4.31 Å². The van der Waals surface area contributed by atoms with Crippen LogP contribution in [0, 0.1) is 11.8 Å². The van der Waals surface area contributed by atoms with E-state index in [1.54, 1.807) is 12.1 Å². The number of aromatic nitrogens is 1. The van der Waals surface area contributed by atoms with Crippen molar-refractivity contribution < 1.29 is 42.1 Å². The monoisotopic (exact) mass is 731 g/mol. The lowest BCUT2D eigenvalue weighted by atomic mass is 10.0. The Morgan fingerprint density at radius 3 is 2.64 bits per heavy atom. The Bertz CT molecular complexity index is 1720. The van der Waals surface area contributed by atoms with Gasteiger partial charge in [0.1, 0.15) is 6.10 Å². The molecule has 1 aromatic heterocycles. The summed E-state index contributed by atoms with van der Waals surface area (Å²) in [5, 5.41) is 17.6. The fourth-order valence-corrected chi connectivity index (χ4v) is 9.07. The molecule has 3 N–H and O–H groups in total. The van der Waals surface area contributed by atoms with Crippen molar-refractivity contribution in [3.8, 4) is 0 Å². The van der Waals surface area contributed by atoms with Crippen molar-refractivity contribution in [3.05, 3.63) is 54.1 Å². The maximum absolute atomic E-state index is 14.2. The molecule has 0 aliphatic carbocycles. The fourth-order valence-electron chi connectivity index (χ4n) is 6.42. The molecule has 0 radical (unpaired) electrons. The van der Waals surface area contributed by atoms with E-state index in [1.165, 1.54) is 21.7 Å². The van der Waals surface area contributed by atoms with Crippen LogP contribution in [0.2, 0.25) is 0 Å². The van der Waals surface area contributed by atoms with Gasteiger partial charge in [0.25, 0.3) is 0 Å². The van der Waals surface area contributed by atoms with E-state index >= 15 is 0 Å². The van der Waals surface area contributed by atoms with Crippen LogP contribution in [-0.4, -0.2) is 123 Å². The molecule has 0 unspecified atom stereocenters. The molecule has 272 valence electrons. The van der Waals surface area contributed by atoms with E-state index in [0.717, 1.165) is 12.0 Å². The lowest BCUT2D eigenvalue weighted by Gasteiger charge is -2.31. The summed E-state index contributed by atoms with van der Waals surface area (Å²) in [6.45, 7) is 7.15. The van der Waals surface area contributed by atoms with Crippen LogP contribution < -0.4 is 10.6 Å². The van der Waals surface area contributed by atoms with Crippen LogP contribution in [0.15, 0.2) is 53.4 Å². The Morgan fingerprint density at radius 1 is 1.10 bits per heavy atom. The van der Waals surface area contributed by atoms with Gasteiger partial charge in [-0.3, -0.25) is 9.69 Å². The van der Waals surface area contributed by atoms with Crippen LogP contribution in [-0.2, 0) is 40.2 Å². The lowest BCUT2D eigenvalue weighted by Crippen LogP contribution is -2.51. The van der Waals surface area contributed by atoms with E-state index in [4.69, 9.17) is 18.9 Å². The largest absolute Gasteiger partial charge is 0.443 e. The van der Waals surface area contributed by atoms with Crippen molar-refractivity contribution in [1.29, 1.82) is 0 Å². The first-order valence-corrected chi connectivity index (χ1v) is 19.2. The van der Waals surface area contributed by atoms with Gasteiger partial charge in [-0.05, 0) is 42.5 Å². The van der Waals surface area contributed by atoms with E-state index in [2.05, 4.69) is 15.6 Å². The quantitative estimate of drug-likeness (QED) is 0.223. The van der Waals surface area contributed by atoms with Crippen molar-refractivity contribution in [2.45, 2.75) is 56.1 Å². The number of hydrogen-bond donors (Lipinski definition) is 3. The summed E-state index contributed by atoms with van der Waals surface area (Å²) in [7, 11) is -4.11. The maximum Gasteiger partial charge on any atom is 0.407 e. The molecule has 4 heterocycles. The number of aliphatic hydroxyl groups is 1. The Hall–Kier alpha value is -3.22. The highest BCUT2D eigenvalue weighted by Gasteiger charge is 2.44. The molecule has 5 atom stereocenters. The Morgan fingerprint density at radius 2 is 1.88 bits per heavy atom. The van der Waals surface area contributed by atoms with Gasteiger partial charge in [-0.15, -0.1) is 0 Å². The second-order valence-corrected chi connectivity index (χ2v) is 16.2.